The van der Waals surface area contributed by atoms with E-state index < -0.39 is 0 Å². The van der Waals surface area contributed by atoms with E-state index in [1.807, 2.05) is 11.3 Å². The van der Waals surface area contributed by atoms with Crippen LogP contribution in [0.3, 0.4) is 0 Å². The summed E-state index contributed by atoms with van der Waals surface area (Å²) in [5.74, 6) is 0. The highest BCUT2D eigenvalue weighted by molar-refractivity contribution is 7.25. The van der Waals surface area contributed by atoms with Crippen molar-refractivity contribution >= 4 is 48.6 Å². The van der Waals surface area contributed by atoms with Gasteiger partial charge in [-0.1, -0.05) is 159 Å². The molecule has 0 saturated heterocycles. The van der Waals surface area contributed by atoms with Crippen LogP contribution < -0.4 is 4.90 Å². The van der Waals surface area contributed by atoms with E-state index in [9.17, 15) is 0 Å². The van der Waals surface area contributed by atoms with Gasteiger partial charge in [0.1, 0.15) is 0 Å². The van der Waals surface area contributed by atoms with Crippen molar-refractivity contribution in [2.75, 3.05) is 4.90 Å². The van der Waals surface area contributed by atoms with Gasteiger partial charge in [0.2, 0.25) is 0 Å². The van der Waals surface area contributed by atoms with Gasteiger partial charge in [-0.2, -0.15) is 0 Å². The first kappa shape index (κ1) is 35.2. The normalized spacial score (nSPS) is 12.7. The molecule has 0 fully saturated rings. The molecule has 0 aliphatic heterocycles. The first-order valence-electron chi connectivity index (χ1n) is 20.4. The first-order chi connectivity index (χ1) is 29.0. The van der Waals surface area contributed by atoms with Gasteiger partial charge in [0.25, 0.3) is 0 Å². The molecule has 0 unspecified atom stereocenters. The fourth-order valence-corrected chi connectivity index (χ4v) is 10.3. The van der Waals surface area contributed by atoms with Crippen molar-refractivity contribution in [3.8, 4) is 55.6 Å². The molecule has 0 N–H and O–H groups in total. The van der Waals surface area contributed by atoms with Gasteiger partial charge in [0, 0.05) is 42.6 Å². The van der Waals surface area contributed by atoms with Crippen LogP contribution >= 0.6 is 11.3 Å². The molecule has 0 bridgehead atoms. The molecule has 0 radical (unpaired) electrons. The average Bonchev–Trinajstić information content (AvgIpc) is 3.78. The van der Waals surface area contributed by atoms with E-state index >= 15 is 0 Å². The van der Waals surface area contributed by atoms with Crippen LogP contribution in [0.15, 0.2) is 212 Å². The Balaban J connectivity index is 0.966. The molecule has 59 heavy (non-hydrogen) atoms. The molecule has 1 aromatic heterocycles. The summed E-state index contributed by atoms with van der Waals surface area (Å²) in [5, 5.41) is 2.64. The Hall–Kier alpha value is -7.00. The predicted octanol–water partition coefficient (Wildman–Crippen LogP) is 16.5. The number of hydrogen-bond acceptors (Lipinski definition) is 2. The molecule has 1 aliphatic carbocycles. The van der Waals surface area contributed by atoms with Crippen LogP contribution in [-0.4, -0.2) is 0 Å². The highest BCUT2D eigenvalue weighted by atomic mass is 32.1. The molecule has 1 nitrogen and oxygen atoms in total. The standard InChI is InChI=1S/C57H41NS/c1-57(2)53-20-8-6-18-49(53)51-36-45(26-32-54(51)57)42-15-10-14-41(34-42)43-16-11-17-48(35-43)58(46-28-22-39(23-29-46)38-12-4-3-5-13-38)47-30-24-40(25-31-47)44-27-33-56-52(37-44)50-19-7-9-21-55(50)59-56/h3-37H,1-2H3. The molecule has 0 spiro atoms. The van der Waals surface area contributed by atoms with Gasteiger partial charge >= 0.3 is 0 Å². The number of fused-ring (bicyclic) bond motifs is 6. The van der Waals surface area contributed by atoms with Crippen molar-refractivity contribution in [1.82, 2.24) is 0 Å². The second-order valence-corrected chi connectivity index (χ2v) is 17.3. The number of rotatable bonds is 7. The molecule has 11 rings (SSSR count). The van der Waals surface area contributed by atoms with E-state index in [0.717, 1.165) is 17.1 Å². The lowest BCUT2D eigenvalue weighted by atomic mass is 9.82. The molecule has 9 aromatic carbocycles. The van der Waals surface area contributed by atoms with Crippen molar-refractivity contribution in [3.05, 3.63) is 223 Å². The second-order valence-electron chi connectivity index (χ2n) is 16.2. The quantitative estimate of drug-likeness (QED) is 0.156. The molecule has 2 heteroatoms. The van der Waals surface area contributed by atoms with Crippen LogP contribution in [-0.2, 0) is 5.41 Å². The third-order valence-electron chi connectivity index (χ3n) is 12.3. The molecular weight excluding hydrogens is 731 g/mol. The molecule has 1 aliphatic rings. The smallest absolute Gasteiger partial charge is 0.0467 e. The zero-order chi connectivity index (χ0) is 39.5. The number of benzene rings is 9. The van der Waals surface area contributed by atoms with Crippen molar-refractivity contribution in [3.63, 3.8) is 0 Å². The minimum atomic E-state index is -0.00544. The fourth-order valence-electron chi connectivity index (χ4n) is 9.19. The molecular formula is C57H41NS. The number of anilines is 3. The van der Waals surface area contributed by atoms with Gasteiger partial charge in [-0.3, -0.25) is 0 Å². The van der Waals surface area contributed by atoms with E-state index in [0.29, 0.717) is 0 Å². The highest BCUT2D eigenvalue weighted by Crippen LogP contribution is 2.50. The zero-order valence-corrected chi connectivity index (χ0v) is 33.9. The Kier molecular flexibility index (Phi) is 8.43. The molecule has 0 atom stereocenters. The van der Waals surface area contributed by atoms with E-state index in [-0.39, 0.29) is 5.41 Å². The fraction of sp³-hybridized carbons (Fsp3) is 0.0526. The molecule has 0 amide bonds. The Labute approximate surface area is 350 Å². The Morgan fingerprint density at radius 2 is 0.831 bits per heavy atom. The lowest BCUT2D eigenvalue weighted by Gasteiger charge is -2.26. The average molecular weight is 772 g/mol. The van der Waals surface area contributed by atoms with Crippen molar-refractivity contribution in [1.29, 1.82) is 0 Å². The summed E-state index contributed by atoms with van der Waals surface area (Å²) in [7, 11) is 0. The summed E-state index contributed by atoms with van der Waals surface area (Å²) in [6.45, 7) is 4.68. The Bertz CT molecular complexity index is 3170. The van der Waals surface area contributed by atoms with Crippen molar-refractivity contribution in [2.24, 2.45) is 0 Å². The van der Waals surface area contributed by atoms with Crippen LogP contribution in [0.5, 0.6) is 0 Å². The third kappa shape index (κ3) is 6.16. The molecule has 0 saturated carbocycles. The number of thiophene rings is 1. The summed E-state index contributed by atoms with van der Waals surface area (Å²) >= 11 is 1.86. The van der Waals surface area contributed by atoms with Gasteiger partial charge in [0.15, 0.2) is 0 Å². The minimum Gasteiger partial charge on any atom is -0.310 e. The third-order valence-corrected chi connectivity index (χ3v) is 13.4. The van der Waals surface area contributed by atoms with Crippen LogP contribution in [0.1, 0.15) is 25.0 Å². The molecule has 1 heterocycles. The van der Waals surface area contributed by atoms with Crippen LogP contribution in [0.25, 0.3) is 75.8 Å². The summed E-state index contributed by atoms with van der Waals surface area (Å²) in [6, 6.07) is 78.1. The van der Waals surface area contributed by atoms with Crippen molar-refractivity contribution < 1.29 is 0 Å². The topological polar surface area (TPSA) is 3.24 Å². The monoisotopic (exact) mass is 771 g/mol. The largest absolute Gasteiger partial charge is 0.310 e. The summed E-state index contributed by atoms with van der Waals surface area (Å²) in [4.78, 5) is 2.38. The minimum absolute atomic E-state index is 0.00544. The van der Waals surface area contributed by atoms with Gasteiger partial charge in [0.05, 0.1) is 0 Å². The maximum absolute atomic E-state index is 2.39. The van der Waals surface area contributed by atoms with Gasteiger partial charge < -0.3 is 4.90 Å². The van der Waals surface area contributed by atoms with Gasteiger partial charge in [-0.05, 0) is 133 Å². The molecule has 10 aromatic rings. The van der Waals surface area contributed by atoms with E-state index in [1.54, 1.807) is 0 Å². The SMILES string of the molecule is CC1(C)c2ccccc2-c2cc(-c3cccc(-c4cccc(N(c5ccc(-c6ccccc6)cc5)c5ccc(-c6ccc7sc8ccccc8c7c6)cc5)c4)c3)ccc21. The maximum Gasteiger partial charge on any atom is 0.0467 e. The Morgan fingerprint density at radius 3 is 1.59 bits per heavy atom. The first-order valence-corrected chi connectivity index (χ1v) is 21.2. The van der Waals surface area contributed by atoms with E-state index in [4.69, 9.17) is 0 Å². The van der Waals surface area contributed by atoms with Gasteiger partial charge in [-0.25, -0.2) is 0 Å². The van der Waals surface area contributed by atoms with Gasteiger partial charge in [-0.15, -0.1) is 11.3 Å². The van der Waals surface area contributed by atoms with Crippen molar-refractivity contribution in [2.45, 2.75) is 19.3 Å². The highest BCUT2D eigenvalue weighted by Gasteiger charge is 2.35. The summed E-state index contributed by atoms with van der Waals surface area (Å²) in [6.07, 6.45) is 0. The number of nitrogens with zero attached hydrogens (tertiary/aromatic N) is 1. The second kappa shape index (κ2) is 14.1. The van der Waals surface area contributed by atoms with Crippen LogP contribution in [0.2, 0.25) is 0 Å². The van der Waals surface area contributed by atoms with Crippen LogP contribution in [0.4, 0.5) is 17.1 Å². The lowest BCUT2D eigenvalue weighted by Crippen LogP contribution is -2.14. The molecule has 280 valence electrons. The number of hydrogen-bond donors (Lipinski definition) is 0. The maximum atomic E-state index is 2.39. The Morgan fingerprint density at radius 1 is 0.322 bits per heavy atom. The van der Waals surface area contributed by atoms with E-state index in [1.165, 1.54) is 86.9 Å². The van der Waals surface area contributed by atoms with Crippen LogP contribution in [0, 0.1) is 0 Å². The zero-order valence-electron chi connectivity index (χ0n) is 33.1. The lowest BCUT2D eigenvalue weighted by molar-refractivity contribution is 0.660. The summed E-state index contributed by atoms with van der Waals surface area (Å²) in [5.41, 5.74) is 18.5. The summed E-state index contributed by atoms with van der Waals surface area (Å²) < 4.78 is 2.65. The van der Waals surface area contributed by atoms with E-state index in [2.05, 4.69) is 231 Å². The predicted molar refractivity (Wildman–Crippen MR) is 253 cm³/mol.